The molecule has 1 aromatic rings. The maximum atomic E-state index is 12.3. The summed E-state index contributed by atoms with van der Waals surface area (Å²) in [6.07, 6.45) is -3.82. The first kappa shape index (κ1) is 11.8. The highest BCUT2D eigenvalue weighted by Gasteiger charge is 2.33. The van der Waals surface area contributed by atoms with Gasteiger partial charge in [0.1, 0.15) is 0 Å². The summed E-state index contributed by atoms with van der Waals surface area (Å²) in [6, 6.07) is 2.50. The summed E-state index contributed by atoms with van der Waals surface area (Å²) in [5, 5.41) is 0. The first-order chi connectivity index (χ1) is 6.62. The van der Waals surface area contributed by atoms with Crippen molar-refractivity contribution in [2.45, 2.75) is 11.1 Å². The van der Waals surface area contributed by atoms with Crippen LogP contribution in [0.5, 0.6) is 0 Å². The molecule has 0 aliphatic rings. The van der Waals surface area contributed by atoms with E-state index in [0.717, 1.165) is 18.4 Å². The number of nitrogens with two attached hydrogens (primary N) is 1. The molecule has 0 saturated heterocycles. The molecule has 15 heavy (non-hydrogen) atoms. The van der Waals surface area contributed by atoms with Gasteiger partial charge in [0.15, 0.2) is 9.84 Å². The molecule has 0 aliphatic carbocycles. The van der Waals surface area contributed by atoms with Gasteiger partial charge >= 0.3 is 6.18 Å². The van der Waals surface area contributed by atoms with Crippen LogP contribution >= 0.6 is 0 Å². The normalized spacial score (nSPS) is 12.8. The average molecular weight is 239 g/mol. The van der Waals surface area contributed by atoms with E-state index < -0.39 is 32.2 Å². The SMILES string of the molecule is CS(=O)(=O)c1ccc(N)c(C(F)(F)F)c1. The molecule has 0 aromatic heterocycles. The van der Waals surface area contributed by atoms with Crippen molar-refractivity contribution in [3.8, 4) is 0 Å². The zero-order chi connectivity index (χ0) is 11.9. The van der Waals surface area contributed by atoms with Crippen molar-refractivity contribution in [3.05, 3.63) is 23.8 Å². The van der Waals surface area contributed by atoms with E-state index in [9.17, 15) is 21.6 Å². The lowest BCUT2D eigenvalue weighted by molar-refractivity contribution is -0.137. The molecule has 0 heterocycles. The Bertz CT molecular complexity index is 479. The number of benzene rings is 1. The lowest BCUT2D eigenvalue weighted by Gasteiger charge is -2.10. The van der Waals surface area contributed by atoms with Crippen LogP contribution in [0.15, 0.2) is 23.1 Å². The molecule has 0 bridgehead atoms. The number of halogens is 3. The average Bonchev–Trinajstić information content (AvgIpc) is 2.00. The van der Waals surface area contributed by atoms with E-state index in [-0.39, 0.29) is 0 Å². The number of sulfone groups is 1. The first-order valence-corrected chi connectivity index (χ1v) is 5.68. The fourth-order valence-electron chi connectivity index (χ4n) is 1.01. The molecular weight excluding hydrogens is 231 g/mol. The van der Waals surface area contributed by atoms with E-state index in [0.29, 0.717) is 6.07 Å². The van der Waals surface area contributed by atoms with Crippen molar-refractivity contribution in [1.82, 2.24) is 0 Å². The molecule has 0 radical (unpaired) electrons. The van der Waals surface area contributed by atoms with Gasteiger partial charge in [0.25, 0.3) is 0 Å². The predicted molar refractivity (Wildman–Crippen MR) is 49.0 cm³/mol. The standard InChI is InChI=1S/C8H8F3NO2S/c1-15(13,14)5-2-3-7(12)6(4-5)8(9,10)11/h2-4H,12H2,1H3. The van der Waals surface area contributed by atoms with Crippen LogP contribution in [0.3, 0.4) is 0 Å². The van der Waals surface area contributed by atoms with E-state index in [1.165, 1.54) is 0 Å². The molecule has 0 aliphatic heterocycles. The van der Waals surface area contributed by atoms with Crippen LogP contribution in [-0.4, -0.2) is 14.7 Å². The number of rotatable bonds is 1. The van der Waals surface area contributed by atoms with Crippen LogP contribution in [0.25, 0.3) is 0 Å². The number of anilines is 1. The molecule has 0 atom stereocenters. The van der Waals surface area contributed by atoms with Gasteiger partial charge < -0.3 is 5.73 Å². The van der Waals surface area contributed by atoms with Gasteiger partial charge in [-0.1, -0.05) is 0 Å². The molecule has 0 fully saturated rings. The molecule has 1 rings (SSSR count). The molecule has 84 valence electrons. The van der Waals surface area contributed by atoms with E-state index in [1.807, 2.05) is 0 Å². The number of hydrogen-bond acceptors (Lipinski definition) is 3. The lowest BCUT2D eigenvalue weighted by atomic mass is 10.2. The molecule has 0 amide bonds. The molecule has 2 N–H and O–H groups in total. The molecule has 0 spiro atoms. The highest BCUT2D eigenvalue weighted by atomic mass is 32.2. The second-order valence-electron chi connectivity index (χ2n) is 3.02. The van der Waals surface area contributed by atoms with E-state index >= 15 is 0 Å². The third-order valence-electron chi connectivity index (χ3n) is 1.76. The molecule has 3 nitrogen and oxygen atoms in total. The topological polar surface area (TPSA) is 60.2 Å². The summed E-state index contributed by atoms with van der Waals surface area (Å²) in [5.41, 5.74) is 3.48. The van der Waals surface area contributed by atoms with Gasteiger partial charge in [-0.25, -0.2) is 8.42 Å². The van der Waals surface area contributed by atoms with Gasteiger partial charge in [0, 0.05) is 11.9 Å². The zero-order valence-electron chi connectivity index (χ0n) is 7.67. The van der Waals surface area contributed by atoms with Gasteiger partial charge in [-0.15, -0.1) is 0 Å². The van der Waals surface area contributed by atoms with Gasteiger partial charge in [-0.2, -0.15) is 13.2 Å². The quantitative estimate of drug-likeness (QED) is 0.758. The molecule has 1 aromatic carbocycles. The Kier molecular flexibility index (Phi) is 2.69. The fraction of sp³-hybridized carbons (Fsp3) is 0.250. The van der Waals surface area contributed by atoms with Gasteiger partial charge in [-0.3, -0.25) is 0 Å². The highest BCUT2D eigenvalue weighted by Crippen LogP contribution is 2.34. The maximum Gasteiger partial charge on any atom is 0.418 e. The number of hydrogen-bond donors (Lipinski definition) is 1. The third kappa shape index (κ3) is 2.62. The number of nitrogen functional groups attached to an aromatic ring is 1. The summed E-state index contributed by atoms with van der Waals surface area (Å²) in [6.45, 7) is 0. The van der Waals surface area contributed by atoms with E-state index in [1.54, 1.807) is 0 Å². The summed E-state index contributed by atoms with van der Waals surface area (Å²) >= 11 is 0. The number of alkyl halides is 3. The van der Waals surface area contributed by atoms with Crippen molar-refractivity contribution in [3.63, 3.8) is 0 Å². The molecule has 0 saturated carbocycles. The van der Waals surface area contributed by atoms with Crippen LogP contribution in [0.1, 0.15) is 5.56 Å². The summed E-state index contributed by atoms with van der Waals surface area (Å²) in [7, 11) is -3.66. The molecular formula is C8H8F3NO2S. The Balaban J connectivity index is 3.43. The third-order valence-corrected chi connectivity index (χ3v) is 2.87. The highest BCUT2D eigenvalue weighted by molar-refractivity contribution is 7.90. The van der Waals surface area contributed by atoms with Crippen LogP contribution in [0.4, 0.5) is 18.9 Å². The van der Waals surface area contributed by atoms with Crippen molar-refractivity contribution < 1.29 is 21.6 Å². The minimum absolute atomic E-state index is 0.399. The minimum Gasteiger partial charge on any atom is -0.398 e. The second kappa shape index (κ2) is 3.41. The van der Waals surface area contributed by atoms with Gasteiger partial charge in [0.05, 0.1) is 10.5 Å². The predicted octanol–water partition coefficient (Wildman–Crippen LogP) is 1.69. The zero-order valence-corrected chi connectivity index (χ0v) is 8.48. The van der Waals surface area contributed by atoms with E-state index in [4.69, 9.17) is 5.73 Å². The summed E-state index contributed by atoms with van der Waals surface area (Å²) in [4.78, 5) is -0.399. The van der Waals surface area contributed by atoms with Crippen LogP contribution < -0.4 is 5.73 Å². The van der Waals surface area contributed by atoms with Crippen LogP contribution in [-0.2, 0) is 16.0 Å². The monoisotopic (exact) mass is 239 g/mol. The van der Waals surface area contributed by atoms with Gasteiger partial charge in [-0.05, 0) is 18.2 Å². The van der Waals surface area contributed by atoms with Crippen molar-refractivity contribution in [2.75, 3.05) is 12.0 Å². The Morgan fingerprint density at radius 2 is 1.80 bits per heavy atom. The Morgan fingerprint density at radius 3 is 2.20 bits per heavy atom. The first-order valence-electron chi connectivity index (χ1n) is 3.79. The van der Waals surface area contributed by atoms with Gasteiger partial charge in [0.2, 0.25) is 0 Å². The van der Waals surface area contributed by atoms with E-state index in [2.05, 4.69) is 0 Å². The Labute approximate surface area is 84.6 Å². The van der Waals surface area contributed by atoms with Crippen molar-refractivity contribution in [1.29, 1.82) is 0 Å². The fourth-order valence-corrected chi connectivity index (χ4v) is 1.66. The largest absolute Gasteiger partial charge is 0.418 e. The van der Waals surface area contributed by atoms with Crippen LogP contribution in [0.2, 0.25) is 0 Å². The lowest BCUT2D eigenvalue weighted by Crippen LogP contribution is -2.10. The molecule has 7 heteroatoms. The molecule has 0 unspecified atom stereocenters. The summed E-state index contributed by atoms with van der Waals surface area (Å²) in [5.74, 6) is 0. The summed E-state index contributed by atoms with van der Waals surface area (Å²) < 4.78 is 59.1. The Hall–Kier alpha value is -1.24. The Morgan fingerprint density at radius 1 is 1.27 bits per heavy atom. The maximum absolute atomic E-state index is 12.3. The second-order valence-corrected chi connectivity index (χ2v) is 5.03. The minimum atomic E-state index is -4.65. The van der Waals surface area contributed by atoms with Crippen molar-refractivity contribution in [2.24, 2.45) is 0 Å². The van der Waals surface area contributed by atoms with Crippen molar-refractivity contribution >= 4 is 15.5 Å². The smallest absolute Gasteiger partial charge is 0.398 e. The van der Waals surface area contributed by atoms with Crippen LogP contribution in [0, 0.1) is 0 Å².